The third-order valence-corrected chi connectivity index (χ3v) is 4.66. The summed E-state index contributed by atoms with van der Waals surface area (Å²) in [5, 5.41) is 6.70. The fraction of sp³-hybridized carbons (Fsp3) is 0.467. The van der Waals surface area contributed by atoms with Gasteiger partial charge in [0.2, 0.25) is 0 Å². The van der Waals surface area contributed by atoms with Gasteiger partial charge >= 0.3 is 6.03 Å². The van der Waals surface area contributed by atoms with Gasteiger partial charge in [0.15, 0.2) is 0 Å². The van der Waals surface area contributed by atoms with Crippen molar-refractivity contribution in [1.29, 1.82) is 0 Å². The molecule has 2 amide bonds. The van der Waals surface area contributed by atoms with Gasteiger partial charge in [-0.3, -0.25) is 0 Å². The summed E-state index contributed by atoms with van der Waals surface area (Å²) in [6, 6.07) is 7.84. The molecule has 1 saturated heterocycles. The van der Waals surface area contributed by atoms with Crippen molar-refractivity contribution in [2.24, 2.45) is 0 Å². The monoisotopic (exact) mass is 305 g/mol. The van der Waals surface area contributed by atoms with Crippen LogP contribution in [0.15, 0.2) is 24.3 Å². The van der Waals surface area contributed by atoms with Crippen LogP contribution < -0.4 is 10.6 Å². The van der Waals surface area contributed by atoms with Gasteiger partial charge in [0.05, 0.1) is 28.9 Å². The molecule has 1 aromatic carbocycles. The lowest BCUT2D eigenvalue weighted by atomic mass is 10.1. The first-order valence-corrected chi connectivity index (χ1v) is 8.04. The van der Waals surface area contributed by atoms with E-state index >= 15 is 0 Å². The zero-order chi connectivity index (χ0) is 14.7. The van der Waals surface area contributed by atoms with Gasteiger partial charge in [0.25, 0.3) is 0 Å². The molecule has 0 aliphatic carbocycles. The van der Waals surface area contributed by atoms with Crippen molar-refractivity contribution in [2.75, 3.05) is 6.61 Å². The second-order valence-electron chi connectivity index (χ2n) is 5.24. The lowest BCUT2D eigenvalue weighted by molar-refractivity contribution is 0.0860. The number of carbonyl (C=O) groups is 1. The average molecular weight is 305 g/mol. The number of fused-ring (bicyclic) bond motifs is 1. The van der Waals surface area contributed by atoms with E-state index in [4.69, 9.17) is 4.74 Å². The number of hydrogen-bond acceptors (Lipinski definition) is 4. The molecule has 1 aromatic heterocycles. The summed E-state index contributed by atoms with van der Waals surface area (Å²) >= 11 is 1.61. The Labute approximate surface area is 127 Å². The second kappa shape index (κ2) is 6.41. The molecule has 21 heavy (non-hydrogen) atoms. The molecule has 0 bridgehead atoms. The van der Waals surface area contributed by atoms with Crippen molar-refractivity contribution >= 4 is 27.6 Å². The first-order chi connectivity index (χ1) is 10.2. The predicted octanol–water partition coefficient (Wildman–Crippen LogP) is 2.66. The largest absolute Gasteiger partial charge is 0.376 e. The lowest BCUT2D eigenvalue weighted by Crippen LogP contribution is -2.45. The van der Waals surface area contributed by atoms with Gasteiger partial charge in [-0.1, -0.05) is 12.1 Å². The van der Waals surface area contributed by atoms with Crippen LogP contribution in [-0.4, -0.2) is 29.8 Å². The summed E-state index contributed by atoms with van der Waals surface area (Å²) < 4.78 is 6.71. The molecule has 3 rings (SSSR count). The van der Waals surface area contributed by atoms with Crippen LogP contribution in [-0.2, 0) is 11.3 Å². The average Bonchev–Trinajstić information content (AvgIpc) is 3.14. The van der Waals surface area contributed by atoms with Gasteiger partial charge in [-0.2, -0.15) is 0 Å². The van der Waals surface area contributed by atoms with Crippen LogP contribution in [0, 0.1) is 0 Å². The van der Waals surface area contributed by atoms with Gasteiger partial charge in [-0.25, -0.2) is 9.78 Å². The van der Waals surface area contributed by atoms with Crippen molar-refractivity contribution in [2.45, 2.75) is 38.5 Å². The maximum atomic E-state index is 11.9. The van der Waals surface area contributed by atoms with E-state index in [9.17, 15) is 4.79 Å². The molecule has 0 radical (unpaired) electrons. The molecule has 1 aliphatic heterocycles. The van der Waals surface area contributed by atoms with E-state index in [-0.39, 0.29) is 18.2 Å². The van der Waals surface area contributed by atoms with Gasteiger partial charge < -0.3 is 15.4 Å². The molecule has 2 heterocycles. The van der Waals surface area contributed by atoms with E-state index in [1.54, 1.807) is 11.3 Å². The van der Waals surface area contributed by atoms with Gasteiger partial charge in [0.1, 0.15) is 5.01 Å². The fourth-order valence-electron chi connectivity index (χ4n) is 2.50. The van der Waals surface area contributed by atoms with E-state index in [1.165, 1.54) is 0 Å². The highest BCUT2D eigenvalue weighted by Gasteiger charge is 2.23. The molecular formula is C15H19N3O2S. The van der Waals surface area contributed by atoms with Crippen LogP contribution in [0.4, 0.5) is 4.79 Å². The summed E-state index contributed by atoms with van der Waals surface area (Å²) in [7, 11) is 0. The molecule has 1 aliphatic rings. The molecule has 0 spiro atoms. The van der Waals surface area contributed by atoms with E-state index in [0.717, 1.165) is 34.7 Å². The van der Waals surface area contributed by atoms with Crippen molar-refractivity contribution in [3.8, 4) is 0 Å². The minimum absolute atomic E-state index is 0.0304. The van der Waals surface area contributed by atoms with Crippen molar-refractivity contribution in [3.05, 3.63) is 29.3 Å². The van der Waals surface area contributed by atoms with E-state index < -0.39 is 0 Å². The summed E-state index contributed by atoms with van der Waals surface area (Å²) in [6.07, 6.45) is 2.22. The maximum absolute atomic E-state index is 11.9. The predicted molar refractivity (Wildman–Crippen MR) is 83.4 cm³/mol. The van der Waals surface area contributed by atoms with Crippen molar-refractivity contribution in [3.63, 3.8) is 0 Å². The quantitative estimate of drug-likeness (QED) is 0.913. The Kier molecular flexibility index (Phi) is 4.36. The number of nitrogens with zero attached hydrogens (tertiary/aromatic N) is 1. The number of rotatable bonds is 4. The Morgan fingerprint density at radius 1 is 1.52 bits per heavy atom. The summed E-state index contributed by atoms with van der Waals surface area (Å²) in [4.78, 5) is 16.4. The molecule has 6 heteroatoms. The standard InChI is InChI=1S/C15H19N3O2S/c1-10(12-6-4-8-20-12)17-15(19)16-9-14-18-11-5-2-3-7-13(11)21-14/h2-3,5,7,10,12H,4,6,8-9H2,1H3,(H2,16,17,19)/t10-,12-/m1/s1. The van der Waals surface area contributed by atoms with Gasteiger partial charge in [0, 0.05) is 6.61 Å². The summed E-state index contributed by atoms with van der Waals surface area (Å²) in [5.74, 6) is 0. The van der Waals surface area contributed by atoms with Crippen LogP contribution >= 0.6 is 11.3 Å². The molecule has 2 atom stereocenters. The third kappa shape index (κ3) is 3.51. The number of para-hydroxylation sites is 1. The number of thiazole rings is 1. The van der Waals surface area contributed by atoms with E-state index in [1.807, 2.05) is 31.2 Å². The van der Waals surface area contributed by atoms with Crippen LogP contribution in [0.25, 0.3) is 10.2 Å². The number of aromatic nitrogens is 1. The Morgan fingerprint density at radius 2 is 2.38 bits per heavy atom. The molecule has 5 nitrogen and oxygen atoms in total. The number of nitrogens with one attached hydrogen (secondary N) is 2. The van der Waals surface area contributed by atoms with E-state index in [2.05, 4.69) is 15.6 Å². The number of urea groups is 1. The SMILES string of the molecule is C[C@@H](NC(=O)NCc1nc2ccccc2s1)[C@H]1CCCO1. The number of benzene rings is 1. The number of amides is 2. The molecule has 2 N–H and O–H groups in total. The number of hydrogen-bond donors (Lipinski definition) is 2. The zero-order valence-corrected chi connectivity index (χ0v) is 12.8. The molecular weight excluding hydrogens is 286 g/mol. The zero-order valence-electron chi connectivity index (χ0n) is 12.0. The summed E-state index contributed by atoms with van der Waals surface area (Å²) in [5.41, 5.74) is 0.979. The second-order valence-corrected chi connectivity index (χ2v) is 6.36. The van der Waals surface area contributed by atoms with Crippen LogP contribution in [0.2, 0.25) is 0 Å². The smallest absolute Gasteiger partial charge is 0.315 e. The van der Waals surface area contributed by atoms with Crippen LogP contribution in [0.3, 0.4) is 0 Å². The first-order valence-electron chi connectivity index (χ1n) is 7.23. The molecule has 112 valence electrons. The highest BCUT2D eigenvalue weighted by molar-refractivity contribution is 7.18. The highest BCUT2D eigenvalue weighted by Crippen LogP contribution is 2.21. The molecule has 0 unspecified atom stereocenters. The van der Waals surface area contributed by atoms with Crippen LogP contribution in [0.1, 0.15) is 24.8 Å². The first kappa shape index (κ1) is 14.3. The van der Waals surface area contributed by atoms with Crippen molar-refractivity contribution in [1.82, 2.24) is 15.6 Å². The lowest BCUT2D eigenvalue weighted by Gasteiger charge is -2.19. The maximum Gasteiger partial charge on any atom is 0.315 e. The Hall–Kier alpha value is -1.66. The Bertz CT molecular complexity index is 589. The van der Waals surface area contributed by atoms with E-state index in [0.29, 0.717) is 6.54 Å². The third-order valence-electron chi connectivity index (χ3n) is 3.62. The van der Waals surface area contributed by atoms with Crippen LogP contribution in [0.5, 0.6) is 0 Å². The number of ether oxygens (including phenoxy) is 1. The van der Waals surface area contributed by atoms with Gasteiger partial charge in [-0.05, 0) is 31.9 Å². The normalized spacial score (nSPS) is 19.6. The minimum atomic E-state index is -0.169. The Balaban J connectivity index is 1.50. The fourth-order valence-corrected chi connectivity index (χ4v) is 3.41. The highest BCUT2D eigenvalue weighted by atomic mass is 32.1. The number of carbonyl (C=O) groups excluding carboxylic acids is 1. The molecule has 1 fully saturated rings. The molecule has 2 aromatic rings. The Morgan fingerprint density at radius 3 is 3.14 bits per heavy atom. The van der Waals surface area contributed by atoms with Gasteiger partial charge in [-0.15, -0.1) is 11.3 Å². The minimum Gasteiger partial charge on any atom is -0.376 e. The molecule has 0 saturated carbocycles. The topological polar surface area (TPSA) is 63.2 Å². The summed E-state index contributed by atoms with van der Waals surface area (Å²) in [6.45, 7) is 3.22. The van der Waals surface area contributed by atoms with Crippen molar-refractivity contribution < 1.29 is 9.53 Å².